The van der Waals surface area contributed by atoms with Gasteiger partial charge in [-0.05, 0) is 30.5 Å². The van der Waals surface area contributed by atoms with Gasteiger partial charge >= 0.3 is 5.97 Å². The molecule has 1 atom stereocenters. The van der Waals surface area contributed by atoms with Crippen LogP contribution in [0.25, 0.3) is 0 Å². The Morgan fingerprint density at radius 1 is 1.25 bits per heavy atom. The smallest absolute Gasteiger partial charge is 0.373 e. The lowest BCUT2D eigenvalue weighted by atomic mass is 9.89. The lowest BCUT2D eigenvalue weighted by Gasteiger charge is -2.20. The maximum Gasteiger partial charge on any atom is 0.373 e. The zero-order valence-corrected chi connectivity index (χ0v) is 11.2. The second-order valence-electron chi connectivity index (χ2n) is 5.12. The predicted octanol–water partition coefficient (Wildman–Crippen LogP) is 2.83. The summed E-state index contributed by atoms with van der Waals surface area (Å²) >= 11 is 0. The number of rotatable bonds is 4. The molecule has 0 aliphatic heterocycles. The quantitative estimate of drug-likeness (QED) is 0.869. The number of hydrogen-bond donors (Lipinski definition) is 1. The summed E-state index contributed by atoms with van der Waals surface area (Å²) in [6.45, 7) is 0. The Balaban J connectivity index is 1.88. The molecule has 0 spiro atoms. The van der Waals surface area contributed by atoms with Crippen molar-refractivity contribution in [3.8, 4) is 0 Å². The molecule has 4 heteroatoms. The van der Waals surface area contributed by atoms with Gasteiger partial charge in [-0.1, -0.05) is 30.3 Å². The average molecular weight is 272 g/mol. The van der Waals surface area contributed by atoms with Crippen molar-refractivity contribution >= 4 is 5.97 Å². The summed E-state index contributed by atoms with van der Waals surface area (Å²) < 4.78 is 10.0. The van der Waals surface area contributed by atoms with Gasteiger partial charge in [0.25, 0.3) is 0 Å². The normalized spacial score (nSPS) is 17.5. The molecule has 0 bridgehead atoms. The van der Waals surface area contributed by atoms with E-state index < -0.39 is 12.1 Å². The van der Waals surface area contributed by atoms with Crippen LogP contribution in [0.15, 0.2) is 46.9 Å². The van der Waals surface area contributed by atoms with Crippen molar-refractivity contribution < 1.29 is 19.1 Å². The molecule has 1 aromatic carbocycles. The van der Waals surface area contributed by atoms with E-state index >= 15 is 0 Å². The minimum atomic E-state index is -0.747. The Kier molecular flexibility index (Phi) is 3.10. The fraction of sp³-hybridized carbons (Fsp3) is 0.312. The Hall–Kier alpha value is -2.07. The standard InChI is InChI=1S/C16H16O4/c1-19-15(18)13-8-7-12(20-13)14(17)16(9-10-16)11-5-3-2-4-6-11/h2-8,14,17H,9-10H2,1H3. The first kappa shape index (κ1) is 12.9. The monoisotopic (exact) mass is 272 g/mol. The highest BCUT2D eigenvalue weighted by molar-refractivity contribution is 5.86. The first-order chi connectivity index (χ1) is 9.67. The van der Waals surface area contributed by atoms with E-state index in [-0.39, 0.29) is 11.2 Å². The maximum atomic E-state index is 11.4. The van der Waals surface area contributed by atoms with Gasteiger partial charge in [-0.2, -0.15) is 0 Å². The largest absolute Gasteiger partial charge is 0.463 e. The van der Waals surface area contributed by atoms with Gasteiger partial charge in [-0.3, -0.25) is 0 Å². The van der Waals surface area contributed by atoms with Crippen LogP contribution in [0.2, 0.25) is 0 Å². The summed E-state index contributed by atoms with van der Waals surface area (Å²) in [5.41, 5.74) is 0.815. The number of carbonyl (C=O) groups excluding carboxylic acids is 1. The fourth-order valence-electron chi connectivity index (χ4n) is 2.61. The van der Waals surface area contributed by atoms with Gasteiger partial charge in [0.2, 0.25) is 5.76 Å². The van der Waals surface area contributed by atoms with Gasteiger partial charge in [-0.15, -0.1) is 0 Å². The zero-order chi connectivity index (χ0) is 14.2. The first-order valence-electron chi connectivity index (χ1n) is 6.59. The van der Waals surface area contributed by atoms with Crippen molar-refractivity contribution in [1.29, 1.82) is 0 Å². The number of aliphatic hydroxyl groups excluding tert-OH is 1. The molecule has 4 nitrogen and oxygen atoms in total. The topological polar surface area (TPSA) is 59.7 Å². The molecule has 0 amide bonds. The van der Waals surface area contributed by atoms with Gasteiger partial charge in [0.15, 0.2) is 0 Å². The van der Waals surface area contributed by atoms with Crippen LogP contribution in [-0.2, 0) is 10.2 Å². The second-order valence-corrected chi connectivity index (χ2v) is 5.12. The van der Waals surface area contributed by atoms with E-state index in [9.17, 15) is 9.90 Å². The molecule has 1 N–H and O–H groups in total. The third-order valence-corrected chi connectivity index (χ3v) is 3.94. The molecule has 1 unspecified atom stereocenters. The van der Waals surface area contributed by atoms with E-state index in [1.54, 1.807) is 6.07 Å². The van der Waals surface area contributed by atoms with Crippen LogP contribution in [0, 0.1) is 0 Å². The fourth-order valence-corrected chi connectivity index (χ4v) is 2.61. The average Bonchev–Trinajstić information content (AvgIpc) is 3.17. The maximum absolute atomic E-state index is 11.4. The van der Waals surface area contributed by atoms with Crippen molar-refractivity contribution in [2.45, 2.75) is 24.4 Å². The van der Waals surface area contributed by atoms with E-state index in [1.165, 1.54) is 13.2 Å². The lowest BCUT2D eigenvalue weighted by Crippen LogP contribution is -2.17. The summed E-state index contributed by atoms with van der Waals surface area (Å²) in [7, 11) is 1.30. The van der Waals surface area contributed by atoms with Crippen molar-refractivity contribution in [1.82, 2.24) is 0 Å². The number of hydrogen-bond acceptors (Lipinski definition) is 4. The molecule has 1 saturated carbocycles. The zero-order valence-electron chi connectivity index (χ0n) is 11.2. The van der Waals surface area contributed by atoms with Crippen LogP contribution >= 0.6 is 0 Å². The summed E-state index contributed by atoms with van der Waals surface area (Å²) in [4.78, 5) is 11.4. The number of ether oxygens (including phenoxy) is 1. The number of carbonyl (C=O) groups is 1. The number of furan rings is 1. The second kappa shape index (κ2) is 4.80. The lowest BCUT2D eigenvalue weighted by molar-refractivity contribution is 0.0546. The minimum absolute atomic E-state index is 0.116. The Labute approximate surface area is 117 Å². The van der Waals surface area contributed by atoms with E-state index in [2.05, 4.69) is 4.74 Å². The van der Waals surface area contributed by atoms with Crippen LogP contribution in [0.3, 0.4) is 0 Å². The molecule has 2 aromatic rings. The van der Waals surface area contributed by atoms with Crippen LogP contribution < -0.4 is 0 Å². The minimum Gasteiger partial charge on any atom is -0.463 e. The molecular weight excluding hydrogens is 256 g/mol. The summed E-state index contributed by atoms with van der Waals surface area (Å²) in [5.74, 6) is -0.00910. The van der Waals surface area contributed by atoms with E-state index in [0.29, 0.717) is 5.76 Å². The van der Waals surface area contributed by atoms with Crippen LogP contribution in [0.4, 0.5) is 0 Å². The number of esters is 1. The molecule has 1 heterocycles. The van der Waals surface area contributed by atoms with Gasteiger partial charge in [-0.25, -0.2) is 4.79 Å². The molecule has 3 rings (SSSR count). The highest BCUT2D eigenvalue weighted by atomic mass is 16.5. The molecule has 1 fully saturated rings. The summed E-state index contributed by atoms with van der Waals surface area (Å²) in [6, 6.07) is 13.1. The highest BCUT2D eigenvalue weighted by Gasteiger charge is 2.52. The van der Waals surface area contributed by atoms with Gasteiger partial charge < -0.3 is 14.3 Å². The van der Waals surface area contributed by atoms with Gasteiger partial charge in [0, 0.05) is 5.41 Å². The van der Waals surface area contributed by atoms with Crippen LogP contribution in [-0.4, -0.2) is 18.2 Å². The molecule has 1 aliphatic carbocycles. The van der Waals surface area contributed by atoms with E-state index in [4.69, 9.17) is 4.42 Å². The summed E-state index contributed by atoms with van der Waals surface area (Å²) in [5, 5.41) is 10.6. The predicted molar refractivity (Wildman–Crippen MR) is 72.4 cm³/mol. The van der Waals surface area contributed by atoms with E-state index in [0.717, 1.165) is 18.4 Å². The molecule has 104 valence electrons. The highest BCUT2D eigenvalue weighted by Crippen LogP contribution is 2.56. The SMILES string of the molecule is COC(=O)c1ccc(C(O)C2(c3ccccc3)CC2)o1. The Morgan fingerprint density at radius 3 is 2.55 bits per heavy atom. The van der Waals surface area contributed by atoms with Crippen molar-refractivity contribution in [3.05, 3.63) is 59.5 Å². The number of benzene rings is 1. The van der Waals surface area contributed by atoms with Crippen molar-refractivity contribution in [2.75, 3.05) is 7.11 Å². The van der Waals surface area contributed by atoms with Gasteiger partial charge in [0.05, 0.1) is 7.11 Å². The van der Waals surface area contributed by atoms with Crippen molar-refractivity contribution in [3.63, 3.8) is 0 Å². The first-order valence-corrected chi connectivity index (χ1v) is 6.59. The molecule has 1 aromatic heterocycles. The summed E-state index contributed by atoms with van der Waals surface area (Å²) in [6.07, 6.45) is 1.07. The Morgan fingerprint density at radius 2 is 1.95 bits per heavy atom. The van der Waals surface area contributed by atoms with Crippen LogP contribution in [0.1, 0.15) is 40.8 Å². The van der Waals surface area contributed by atoms with Gasteiger partial charge in [0.1, 0.15) is 11.9 Å². The van der Waals surface area contributed by atoms with Crippen molar-refractivity contribution in [2.24, 2.45) is 0 Å². The molecule has 20 heavy (non-hydrogen) atoms. The molecule has 0 radical (unpaired) electrons. The van der Waals surface area contributed by atoms with Crippen LogP contribution in [0.5, 0.6) is 0 Å². The molecular formula is C16H16O4. The molecule has 1 aliphatic rings. The molecule has 0 saturated heterocycles. The Bertz CT molecular complexity index is 610. The number of methoxy groups -OCH3 is 1. The number of aliphatic hydroxyl groups is 1. The third-order valence-electron chi connectivity index (χ3n) is 3.94. The third kappa shape index (κ3) is 2.02. The van der Waals surface area contributed by atoms with E-state index in [1.807, 2.05) is 30.3 Å².